The van der Waals surface area contributed by atoms with Crippen molar-refractivity contribution < 1.29 is 4.74 Å². The number of nitrogens with two attached hydrogens (primary N) is 1. The summed E-state index contributed by atoms with van der Waals surface area (Å²) in [7, 11) is 1.77. The van der Waals surface area contributed by atoms with Crippen LogP contribution in [0.25, 0.3) is 22.4 Å². The van der Waals surface area contributed by atoms with Gasteiger partial charge in [-0.1, -0.05) is 13.8 Å². The summed E-state index contributed by atoms with van der Waals surface area (Å²) in [5.41, 5.74) is 8.97. The maximum absolute atomic E-state index is 12.7. The fraction of sp³-hybridized carbons (Fsp3) is 0.368. The Morgan fingerprint density at radius 3 is 2.79 bits per heavy atom. The maximum Gasteiger partial charge on any atom is 0.262 e. The molecule has 0 saturated heterocycles. The van der Waals surface area contributed by atoms with Crippen LogP contribution in [-0.4, -0.2) is 31.5 Å². The molecule has 1 aromatic carbocycles. The molecule has 0 spiro atoms. The number of rotatable bonds is 6. The zero-order valence-corrected chi connectivity index (χ0v) is 17.2. The van der Waals surface area contributed by atoms with E-state index in [1.165, 1.54) is 0 Å². The number of thiocarbonyl (C=S) groups is 1. The first-order valence-electron chi connectivity index (χ1n) is 9.15. The Bertz CT molecular complexity index is 1100. The first-order valence-corrected chi connectivity index (χ1v) is 9.56. The van der Waals surface area contributed by atoms with Crippen LogP contribution in [0, 0.1) is 6.92 Å². The van der Waals surface area contributed by atoms with Crippen LogP contribution in [-0.2, 0) is 13.5 Å². The van der Waals surface area contributed by atoms with Crippen molar-refractivity contribution in [1.29, 1.82) is 0 Å². The van der Waals surface area contributed by atoms with Gasteiger partial charge in [0.25, 0.3) is 5.56 Å². The number of H-pyrrole nitrogens is 1. The van der Waals surface area contributed by atoms with Gasteiger partial charge in [-0.05, 0) is 49.7 Å². The normalized spacial score (nSPS) is 11.0. The van der Waals surface area contributed by atoms with E-state index in [9.17, 15) is 4.79 Å². The molecule has 8 nitrogen and oxygen atoms in total. The second-order valence-electron chi connectivity index (χ2n) is 6.53. The van der Waals surface area contributed by atoms with Crippen molar-refractivity contribution in [2.75, 3.05) is 11.9 Å². The molecule has 0 bridgehead atoms. The molecular weight excluding hydrogens is 376 g/mol. The molecule has 0 aliphatic carbocycles. The van der Waals surface area contributed by atoms with Crippen LogP contribution in [0.15, 0.2) is 16.9 Å². The van der Waals surface area contributed by atoms with Crippen molar-refractivity contribution in [1.82, 2.24) is 19.7 Å². The van der Waals surface area contributed by atoms with E-state index >= 15 is 0 Å². The summed E-state index contributed by atoms with van der Waals surface area (Å²) < 4.78 is 7.60. The van der Waals surface area contributed by atoms with E-state index in [2.05, 4.69) is 20.4 Å². The Kier molecular flexibility index (Phi) is 5.64. The van der Waals surface area contributed by atoms with Crippen LogP contribution in [0.3, 0.4) is 0 Å². The van der Waals surface area contributed by atoms with Crippen molar-refractivity contribution in [2.45, 2.75) is 33.6 Å². The van der Waals surface area contributed by atoms with Crippen LogP contribution >= 0.6 is 12.2 Å². The molecule has 2 aromatic heterocycles. The van der Waals surface area contributed by atoms with Crippen molar-refractivity contribution >= 4 is 34.1 Å². The zero-order chi connectivity index (χ0) is 20.4. The molecule has 0 fully saturated rings. The first kappa shape index (κ1) is 19.8. The van der Waals surface area contributed by atoms with Crippen molar-refractivity contribution in [2.24, 2.45) is 12.8 Å². The predicted molar refractivity (Wildman–Crippen MR) is 115 cm³/mol. The Hall–Kier alpha value is -2.94. The van der Waals surface area contributed by atoms with Gasteiger partial charge in [-0.25, -0.2) is 9.67 Å². The molecule has 2 heterocycles. The summed E-state index contributed by atoms with van der Waals surface area (Å²) in [5.74, 6) is 0.959. The lowest BCUT2D eigenvalue weighted by Crippen LogP contribution is -2.20. The number of anilines is 1. The molecule has 0 radical (unpaired) electrons. The van der Waals surface area contributed by atoms with Gasteiger partial charge >= 0.3 is 0 Å². The Morgan fingerprint density at radius 1 is 1.39 bits per heavy atom. The first-order chi connectivity index (χ1) is 13.3. The number of nitrogens with zero attached hydrogens (tertiary/aromatic N) is 3. The SMILES string of the molecule is CCCOc1c(NC(N)=S)cc(CC)cc1-c1nc2c(c(C)nn2C)c(=O)[nH]1. The molecule has 0 amide bonds. The molecule has 0 saturated carbocycles. The van der Waals surface area contributed by atoms with Gasteiger partial charge < -0.3 is 20.8 Å². The summed E-state index contributed by atoms with van der Waals surface area (Å²) in [6.45, 7) is 6.35. The van der Waals surface area contributed by atoms with Gasteiger partial charge in [-0.2, -0.15) is 5.10 Å². The lowest BCUT2D eigenvalue weighted by Gasteiger charge is -2.18. The van der Waals surface area contributed by atoms with Gasteiger partial charge in [0, 0.05) is 7.05 Å². The van der Waals surface area contributed by atoms with Gasteiger partial charge in [0.15, 0.2) is 16.5 Å². The largest absolute Gasteiger partial charge is 0.491 e. The number of aromatic nitrogens is 4. The molecular formula is C19H24N6O2S. The molecule has 0 aliphatic rings. The third kappa shape index (κ3) is 3.70. The van der Waals surface area contributed by atoms with Gasteiger partial charge in [-0.3, -0.25) is 4.79 Å². The number of aromatic amines is 1. The minimum atomic E-state index is -0.238. The second kappa shape index (κ2) is 7.97. The van der Waals surface area contributed by atoms with Crippen LogP contribution in [0.5, 0.6) is 5.75 Å². The number of aryl methyl sites for hydroxylation is 3. The minimum absolute atomic E-state index is 0.139. The van der Waals surface area contributed by atoms with E-state index in [1.54, 1.807) is 18.7 Å². The van der Waals surface area contributed by atoms with Gasteiger partial charge in [0.05, 0.1) is 23.6 Å². The van der Waals surface area contributed by atoms with Crippen LogP contribution < -0.4 is 21.3 Å². The molecule has 0 atom stereocenters. The van der Waals surface area contributed by atoms with E-state index in [0.29, 0.717) is 46.2 Å². The maximum atomic E-state index is 12.7. The number of ether oxygens (including phenoxy) is 1. The van der Waals surface area contributed by atoms with Crippen molar-refractivity contribution in [3.63, 3.8) is 0 Å². The highest BCUT2D eigenvalue weighted by Gasteiger charge is 2.19. The summed E-state index contributed by atoms with van der Waals surface area (Å²) in [6, 6.07) is 3.90. The second-order valence-corrected chi connectivity index (χ2v) is 6.97. The number of benzene rings is 1. The average molecular weight is 401 g/mol. The molecule has 3 rings (SSSR count). The van der Waals surface area contributed by atoms with Crippen molar-refractivity contribution in [3.05, 3.63) is 33.7 Å². The third-order valence-electron chi connectivity index (χ3n) is 4.39. The Labute approximate surface area is 168 Å². The summed E-state index contributed by atoms with van der Waals surface area (Å²) in [4.78, 5) is 20.2. The third-order valence-corrected chi connectivity index (χ3v) is 4.49. The molecule has 0 aliphatic heterocycles. The summed E-state index contributed by atoms with van der Waals surface area (Å²) >= 11 is 5.02. The predicted octanol–water partition coefficient (Wildman–Crippen LogP) is 2.64. The fourth-order valence-corrected chi connectivity index (χ4v) is 3.24. The number of hydrogen-bond acceptors (Lipinski definition) is 5. The minimum Gasteiger partial charge on any atom is -0.491 e. The van der Waals surface area contributed by atoms with Crippen LogP contribution in [0.2, 0.25) is 0 Å². The monoisotopic (exact) mass is 400 g/mol. The van der Waals surface area contributed by atoms with E-state index in [-0.39, 0.29) is 10.7 Å². The summed E-state index contributed by atoms with van der Waals surface area (Å²) in [6.07, 6.45) is 1.61. The highest BCUT2D eigenvalue weighted by Crippen LogP contribution is 2.37. The lowest BCUT2D eigenvalue weighted by atomic mass is 10.0. The lowest BCUT2D eigenvalue weighted by molar-refractivity contribution is 0.320. The smallest absolute Gasteiger partial charge is 0.262 e. The highest BCUT2D eigenvalue weighted by molar-refractivity contribution is 7.80. The van der Waals surface area contributed by atoms with Crippen LogP contribution in [0.4, 0.5) is 5.69 Å². The van der Waals surface area contributed by atoms with Gasteiger partial charge in [0.2, 0.25) is 0 Å². The Balaban J connectivity index is 2.30. The molecule has 148 valence electrons. The number of fused-ring (bicyclic) bond motifs is 1. The molecule has 28 heavy (non-hydrogen) atoms. The standard InChI is InChI=1S/C19H24N6O2S/c1-5-7-27-15-12(8-11(6-2)9-13(15)21-19(20)28)16-22-17-14(18(26)23-16)10(3)24-25(17)4/h8-9H,5-7H2,1-4H3,(H3,20,21,28)(H,22,23,26). The van der Waals surface area contributed by atoms with E-state index in [1.807, 2.05) is 26.0 Å². The number of nitrogens with one attached hydrogen (secondary N) is 2. The molecule has 9 heteroatoms. The topological polar surface area (TPSA) is 111 Å². The molecule has 4 N–H and O–H groups in total. The molecule has 3 aromatic rings. The van der Waals surface area contributed by atoms with E-state index in [0.717, 1.165) is 18.4 Å². The fourth-order valence-electron chi connectivity index (χ4n) is 3.13. The van der Waals surface area contributed by atoms with E-state index in [4.69, 9.17) is 22.7 Å². The van der Waals surface area contributed by atoms with Crippen LogP contribution in [0.1, 0.15) is 31.5 Å². The summed E-state index contributed by atoms with van der Waals surface area (Å²) in [5, 5.41) is 7.91. The number of hydrogen-bond donors (Lipinski definition) is 3. The van der Waals surface area contributed by atoms with Gasteiger partial charge in [-0.15, -0.1) is 0 Å². The average Bonchev–Trinajstić information content (AvgIpc) is 2.93. The highest BCUT2D eigenvalue weighted by atomic mass is 32.1. The quantitative estimate of drug-likeness (QED) is 0.546. The molecule has 0 unspecified atom stereocenters. The van der Waals surface area contributed by atoms with E-state index < -0.39 is 0 Å². The Morgan fingerprint density at radius 2 is 2.14 bits per heavy atom. The van der Waals surface area contributed by atoms with Crippen molar-refractivity contribution in [3.8, 4) is 17.1 Å². The van der Waals surface area contributed by atoms with Gasteiger partial charge in [0.1, 0.15) is 11.2 Å². The zero-order valence-electron chi connectivity index (χ0n) is 16.4.